The van der Waals surface area contributed by atoms with Crippen LogP contribution in [0.4, 0.5) is 5.95 Å². The van der Waals surface area contributed by atoms with Gasteiger partial charge < -0.3 is 19.1 Å². The van der Waals surface area contributed by atoms with Crippen molar-refractivity contribution in [3.63, 3.8) is 0 Å². The fraction of sp³-hybridized carbons (Fsp3) is 0.762. The molecule has 8 heteroatoms. The van der Waals surface area contributed by atoms with Crippen LogP contribution < -0.4 is 10.4 Å². The van der Waals surface area contributed by atoms with Gasteiger partial charge in [-0.15, -0.1) is 0 Å². The molecule has 29 heavy (non-hydrogen) atoms. The minimum Gasteiger partial charge on any atom is -0.399 e. The van der Waals surface area contributed by atoms with Crippen molar-refractivity contribution in [2.24, 2.45) is 5.92 Å². The van der Waals surface area contributed by atoms with E-state index in [-0.39, 0.29) is 17.1 Å². The highest BCUT2D eigenvalue weighted by molar-refractivity contribution is 6.61. The van der Waals surface area contributed by atoms with Crippen LogP contribution in [-0.4, -0.2) is 64.8 Å². The number of carbonyl (C=O) groups excluding carboxylic acids is 1. The summed E-state index contributed by atoms with van der Waals surface area (Å²) in [7, 11) is -0.447. The molecular weight excluding hydrogens is 367 g/mol. The fourth-order valence-corrected chi connectivity index (χ4v) is 3.81. The van der Waals surface area contributed by atoms with Gasteiger partial charge in [0, 0.05) is 50.5 Å². The Labute approximate surface area is 175 Å². The first-order chi connectivity index (χ1) is 13.5. The average Bonchev–Trinajstić information content (AvgIpc) is 2.87. The smallest absolute Gasteiger partial charge is 0.399 e. The van der Waals surface area contributed by atoms with E-state index < -0.39 is 7.12 Å². The highest BCUT2D eigenvalue weighted by Crippen LogP contribution is 2.36. The van der Waals surface area contributed by atoms with Crippen molar-refractivity contribution in [3.8, 4) is 0 Å². The van der Waals surface area contributed by atoms with Crippen LogP contribution in [0.15, 0.2) is 12.4 Å². The van der Waals surface area contributed by atoms with Gasteiger partial charge in [-0.25, -0.2) is 9.97 Å². The molecule has 3 heterocycles. The molecule has 0 bridgehead atoms. The van der Waals surface area contributed by atoms with Crippen LogP contribution >= 0.6 is 0 Å². The van der Waals surface area contributed by atoms with Gasteiger partial charge in [-0.3, -0.25) is 4.79 Å². The van der Waals surface area contributed by atoms with E-state index in [2.05, 4.69) is 28.7 Å². The third kappa shape index (κ3) is 4.74. The van der Waals surface area contributed by atoms with Crippen LogP contribution in [0.25, 0.3) is 0 Å². The number of aromatic nitrogens is 2. The summed E-state index contributed by atoms with van der Waals surface area (Å²) >= 11 is 0. The topological polar surface area (TPSA) is 67.8 Å². The molecule has 0 atom stereocenters. The van der Waals surface area contributed by atoms with E-state index in [1.54, 1.807) is 6.92 Å². The molecule has 1 amide bonds. The Bertz CT molecular complexity index is 699. The number of hydrogen-bond acceptors (Lipinski definition) is 6. The first kappa shape index (κ1) is 22.0. The minimum absolute atomic E-state index is 0.172. The van der Waals surface area contributed by atoms with E-state index in [0.29, 0.717) is 12.0 Å². The number of rotatable bonds is 5. The molecule has 2 aliphatic heterocycles. The van der Waals surface area contributed by atoms with Gasteiger partial charge >= 0.3 is 7.12 Å². The Kier molecular flexibility index (Phi) is 6.25. The first-order valence-electron chi connectivity index (χ1n) is 10.7. The second-order valence-electron chi connectivity index (χ2n) is 9.60. The predicted molar refractivity (Wildman–Crippen MR) is 115 cm³/mol. The molecule has 0 spiro atoms. The predicted octanol–water partition coefficient (Wildman–Crippen LogP) is 2.25. The van der Waals surface area contributed by atoms with Crippen LogP contribution in [-0.2, 0) is 14.1 Å². The minimum atomic E-state index is -0.447. The molecular formula is C21H35BN4O3. The largest absolute Gasteiger partial charge is 0.498 e. The Morgan fingerprint density at radius 1 is 1.17 bits per heavy atom. The normalized spacial score (nSPS) is 21.7. The number of anilines is 1. The van der Waals surface area contributed by atoms with E-state index in [1.807, 2.05) is 45.0 Å². The van der Waals surface area contributed by atoms with Gasteiger partial charge in [-0.05, 0) is 60.3 Å². The summed E-state index contributed by atoms with van der Waals surface area (Å²) < 4.78 is 12.2. The Hall–Kier alpha value is -1.67. The maximum atomic E-state index is 11.6. The second-order valence-corrected chi connectivity index (χ2v) is 9.60. The molecule has 2 fully saturated rings. The van der Waals surface area contributed by atoms with E-state index >= 15 is 0 Å². The Morgan fingerprint density at radius 2 is 1.69 bits per heavy atom. The zero-order valence-electron chi connectivity index (χ0n) is 18.9. The van der Waals surface area contributed by atoms with Gasteiger partial charge in [0.2, 0.25) is 11.9 Å². The molecule has 7 nitrogen and oxygen atoms in total. The lowest BCUT2D eigenvalue weighted by Crippen LogP contribution is -2.43. The molecule has 0 N–H and O–H groups in total. The second kappa shape index (κ2) is 8.22. The van der Waals surface area contributed by atoms with Crippen LogP contribution in [0, 0.1) is 5.92 Å². The van der Waals surface area contributed by atoms with Gasteiger partial charge in [-0.1, -0.05) is 0 Å². The summed E-state index contributed by atoms with van der Waals surface area (Å²) in [4.78, 5) is 25.0. The van der Waals surface area contributed by atoms with Gasteiger partial charge in [0.1, 0.15) is 0 Å². The summed E-state index contributed by atoms with van der Waals surface area (Å²) in [6, 6.07) is 0.295. The van der Waals surface area contributed by atoms with Crippen molar-refractivity contribution >= 4 is 24.4 Å². The average molecular weight is 402 g/mol. The maximum Gasteiger partial charge on any atom is 0.498 e. The van der Waals surface area contributed by atoms with Crippen LogP contribution in [0.5, 0.6) is 0 Å². The summed E-state index contributed by atoms with van der Waals surface area (Å²) in [5.41, 5.74) is 0.0789. The zero-order chi connectivity index (χ0) is 21.4. The SMILES string of the molecule is CC(=O)N1CCC(CN(c2ncc(B3OC(C)(C)C(C)(C)O3)cn2)C(C)C)CC1. The molecule has 0 aliphatic carbocycles. The highest BCUT2D eigenvalue weighted by atomic mass is 16.7. The standard InChI is InChI=1S/C21H35BN4O3/c1-15(2)26(14-17-8-10-25(11-9-17)16(3)27)19-23-12-18(13-24-19)22-28-20(4,5)21(6,7)29-22/h12-13,15,17H,8-11,14H2,1-7H3. The maximum absolute atomic E-state index is 11.6. The van der Waals surface area contributed by atoms with Crippen molar-refractivity contribution in [2.75, 3.05) is 24.5 Å². The van der Waals surface area contributed by atoms with Gasteiger partial charge in [0.25, 0.3) is 0 Å². The van der Waals surface area contributed by atoms with E-state index in [0.717, 1.165) is 43.9 Å². The summed E-state index contributed by atoms with van der Waals surface area (Å²) in [5.74, 6) is 1.44. The van der Waals surface area contributed by atoms with Crippen LogP contribution in [0.2, 0.25) is 0 Å². The van der Waals surface area contributed by atoms with E-state index in [9.17, 15) is 4.79 Å². The molecule has 0 aromatic carbocycles. The number of amides is 1. The Balaban J connectivity index is 1.66. The molecule has 160 valence electrons. The van der Waals surface area contributed by atoms with Gasteiger partial charge in [0.05, 0.1) is 11.2 Å². The van der Waals surface area contributed by atoms with Crippen LogP contribution in [0.3, 0.4) is 0 Å². The molecule has 1 aromatic heterocycles. The van der Waals surface area contributed by atoms with Gasteiger partial charge in [0.15, 0.2) is 0 Å². The van der Waals surface area contributed by atoms with Crippen molar-refractivity contribution < 1.29 is 14.1 Å². The lowest BCUT2D eigenvalue weighted by atomic mass is 9.81. The number of likely N-dealkylation sites (tertiary alicyclic amines) is 1. The Morgan fingerprint density at radius 3 is 2.14 bits per heavy atom. The highest BCUT2D eigenvalue weighted by Gasteiger charge is 2.52. The fourth-order valence-electron chi connectivity index (χ4n) is 3.81. The van der Waals surface area contributed by atoms with Crippen molar-refractivity contribution in [1.29, 1.82) is 0 Å². The van der Waals surface area contributed by atoms with E-state index in [4.69, 9.17) is 9.31 Å². The number of piperidine rings is 1. The third-order valence-electron chi connectivity index (χ3n) is 6.58. The summed E-state index contributed by atoms with van der Waals surface area (Å²) in [6.45, 7) is 16.7. The lowest BCUT2D eigenvalue weighted by Gasteiger charge is -2.36. The molecule has 2 aliphatic rings. The molecule has 0 saturated carbocycles. The number of nitrogens with zero attached hydrogens (tertiary/aromatic N) is 4. The summed E-state index contributed by atoms with van der Waals surface area (Å²) in [6.07, 6.45) is 5.68. The van der Waals surface area contributed by atoms with Crippen molar-refractivity contribution in [1.82, 2.24) is 14.9 Å². The molecule has 2 saturated heterocycles. The molecule has 3 rings (SSSR count). The molecule has 0 unspecified atom stereocenters. The van der Waals surface area contributed by atoms with Crippen molar-refractivity contribution in [2.45, 2.75) is 78.6 Å². The zero-order valence-corrected chi connectivity index (χ0v) is 18.9. The third-order valence-corrected chi connectivity index (χ3v) is 6.58. The lowest BCUT2D eigenvalue weighted by molar-refractivity contribution is -0.130. The molecule has 1 aromatic rings. The molecule has 0 radical (unpaired) electrons. The summed E-state index contributed by atoms with van der Waals surface area (Å²) in [5, 5.41) is 0. The monoisotopic (exact) mass is 402 g/mol. The van der Waals surface area contributed by atoms with Crippen LogP contribution in [0.1, 0.15) is 61.3 Å². The van der Waals surface area contributed by atoms with Gasteiger partial charge in [-0.2, -0.15) is 0 Å². The van der Waals surface area contributed by atoms with Crippen molar-refractivity contribution in [3.05, 3.63) is 12.4 Å². The number of hydrogen-bond donors (Lipinski definition) is 0. The quantitative estimate of drug-likeness (QED) is 0.704. The van der Waals surface area contributed by atoms with E-state index in [1.165, 1.54) is 0 Å². The number of carbonyl (C=O) groups is 1. The first-order valence-corrected chi connectivity index (χ1v) is 10.7.